The summed E-state index contributed by atoms with van der Waals surface area (Å²) in [5, 5.41) is 27.6. The maximum absolute atomic E-state index is 13.6. The third-order valence-electron chi connectivity index (χ3n) is 5.68. The van der Waals surface area contributed by atoms with E-state index in [1.54, 1.807) is 53.2 Å². The normalized spacial score (nSPS) is 12.0. The molecule has 0 unspecified atom stereocenters. The molecular weight excluding hydrogens is 455 g/mol. The number of amides is 1. The molecule has 172 valence electrons. The van der Waals surface area contributed by atoms with Crippen molar-refractivity contribution in [3.8, 4) is 23.0 Å². The molecule has 0 saturated carbocycles. The summed E-state index contributed by atoms with van der Waals surface area (Å²) >= 11 is 6.45. The van der Waals surface area contributed by atoms with Gasteiger partial charge < -0.3 is 10.4 Å². The number of aliphatic hydroxyl groups excluding tert-OH is 1. The van der Waals surface area contributed by atoms with Gasteiger partial charge in [0, 0.05) is 16.5 Å². The molecule has 0 aliphatic rings. The number of nitriles is 1. The molecule has 8 heteroatoms. The predicted octanol–water partition coefficient (Wildman–Crippen LogP) is 5.10. The van der Waals surface area contributed by atoms with Gasteiger partial charge in [0.15, 0.2) is 0 Å². The van der Waals surface area contributed by atoms with E-state index in [2.05, 4.69) is 11.4 Å². The number of aliphatic hydroxyl groups is 1. The Balaban J connectivity index is 1.90. The molecule has 4 aromatic rings. The van der Waals surface area contributed by atoms with Crippen LogP contribution in [0.1, 0.15) is 29.8 Å². The Labute approximate surface area is 201 Å². The lowest BCUT2D eigenvalue weighted by Gasteiger charge is -2.19. The summed E-state index contributed by atoms with van der Waals surface area (Å²) in [4.78, 5) is 12.9. The van der Waals surface area contributed by atoms with Gasteiger partial charge in [0.2, 0.25) is 0 Å². The van der Waals surface area contributed by atoms with Crippen LogP contribution in [0.4, 0.5) is 4.39 Å². The van der Waals surface area contributed by atoms with Gasteiger partial charge >= 0.3 is 0 Å². The standard InChI is InChI=1S/C26H22ClFN4O2/c1-15(2)23(14-33)30-26(34)17-4-9-20-24(12-17)32(19-7-5-18(28)6-8-19)31-25(20)21-11-16(13-29)3-10-22(21)27/h3-12,15,23,33H,14H2,1-2H3,(H,30,34)/t23-/m1/s1. The van der Waals surface area contributed by atoms with Crippen molar-refractivity contribution in [2.45, 2.75) is 19.9 Å². The summed E-state index contributed by atoms with van der Waals surface area (Å²) in [7, 11) is 0. The van der Waals surface area contributed by atoms with Crippen molar-refractivity contribution in [3.63, 3.8) is 0 Å². The smallest absolute Gasteiger partial charge is 0.251 e. The van der Waals surface area contributed by atoms with Crippen molar-refractivity contribution < 1.29 is 14.3 Å². The van der Waals surface area contributed by atoms with Gasteiger partial charge in [-0.1, -0.05) is 25.4 Å². The van der Waals surface area contributed by atoms with Gasteiger partial charge in [0.1, 0.15) is 11.5 Å². The highest BCUT2D eigenvalue weighted by Gasteiger charge is 2.20. The number of rotatable bonds is 6. The Hall–Kier alpha value is -3.73. The van der Waals surface area contributed by atoms with Crippen LogP contribution >= 0.6 is 11.6 Å². The minimum Gasteiger partial charge on any atom is -0.394 e. The predicted molar refractivity (Wildman–Crippen MR) is 129 cm³/mol. The molecular formula is C26H22ClFN4O2. The maximum Gasteiger partial charge on any atom is 0.251 e. The van der Waals surface area contributed by atoms with Gasteiger partial charge in [-0.15, -0.1) is 0 Å². The van der Waals surface area contributed by atoms with Crippen LogP contribution in [-0.2, 0) is 0 Å². The van der Waals surface area contributed by atoms with E-state index in [1.807, 2.05) is 13.8 Å². The average molecular weight is 477 g/mol. The van der Waals surface area contributed by atoms with Gasteiger partial charge in [-0.25, -0.2) is 9.07 Å². The second kappa shape index (κ2) is 9.64. The number of carbonyl (C=O) groups excluding carboxylic acids is 1. The van der Waals surface area contributed by atoms with Crippen LogP contribution in [-0.4, -0.2) is 33.4 Å². The molecule has 34 heavy (non-hydrogen) atoms. The number of hydrogen-bond donors (Lipinski definition) is 2. The molecule has 1 aromatic heterocycles. The van der Waals surface area contributed by atoms with Gasteiger partial charge in [-0.05, 0) is 66.6 Å². The number of benzene rings is 3. The molecule has 4 rings (SSSR count). The largest absolute Gasteiger partial charge is 0.394 e. The Morgan fingerprint density at radius 3 is 2.56 bits per heavy atom. The zero-order valence-corrected chi connectivity index (χ0v) is 19.3. The topological polar surface area (TPSA) is 90.9 Å². The number of nitrogens with one attached hydrogen (secondary N) is 1. The first-order valence-corrected chi connectivity index (χ1v) is 11.1. The van der Waals surface area contributed by atoms with Crippen LogP contribution in [0.25, 0.3) is 27.8 Å². The third-order valence-corrected chi connectivity index (χ3v) is 6.01. The van der Waals surface area contributed by atoms with Crippen molar-refractivity contribution in [2.24, 2.45) is 5.92 Å². The zero-order valence-electron chi connectivity index (χ0n) is 18.6. The summed E-state index contributed by atoms with van der Waals surface area (Å²) < 4.78 is 15.2. The average Bonchev–Trinajstić information content (AvgIpc) is 3.21. The number of halogens is 2. The summed E-state index contributed by atoms with van der Waals surface area (Å²) in [6, 6.07) is 17.6. The van der Waals surface area contributed by atoms with E-state index in [0.717, 1.165) is 0 Å². The van der Waals surface area contributed by atoms with E-state index < -0.39 is 0 Å². The van der Waals surface area contributed by atoms with Crippen LogP contribution in [0.5, 0.6) is 0 Å². The monoisotopic (exact) mass is 476 g/mol. The number of aromatic nitrogens is 2. The molecule has 0 fully saturated rings. The molecule has 1 amide bonds. The first-order chi connectivity index (χ1) is 16.3. The Bertz CT molecular complexity index is 1410. The highest BCUT2D eigenvalue weighted by Crippen LogP contribution is 2.35. The molecule has 1 heterocycles. The fourth-order valence-electron chi connectivity index (χ4n) is 3.69. The fraction of sp³-hybridized carbons (Fsp3) is 0.192. The van der Waals surface area contributed by atoms with Crippen molar-refractivity contribution in [1.29, 1.82) is 5.26 Å². The lowest BCUT2D eigenvalue weighted by Crippen LogP contribution is -2.41. The third kappa shape index (κ3) is 4.51. The van der Waals surface area contributed by atoms with E-state index in [9.17, 15) is 19.6 Å². The highest BCUT2D eigenvalue weighted by atomic mass is 35.5. The molecule has 0 aliphatic heterocycles. The molecule has 0 aliphatic carbocycles. The number of nitrogens with zero attached hydrogens (tertiary/aromatic N) is 3. The minimum absolute atomic E-state index is 0.0589. The van der Waals surface area contributed by atoms with Crippen LogP contribution in [0, 0.1) is 23.1 Å². The van der Waals surface area contributed by atoms with E-state index in [0.29, 0.717) is 44.0 Å². The lowest BCUT2D eigenvalue weighted by molar-refractivity contribution is 0.0897. The number of fused-ring (bicyclic) bond motifs is 1. The van der Waals surface area contributed by atoms with Gasteiger partial charge in [0.05, 0.1) is 40.5 Å². The maximum atomic E-state index is 13.6. The first-order valence-electron chi connectivity index (χ1n) is 10.7. The molecule has 0 spiro atoms. The molecule has 2 N–H and O–H groups in total. The van der Waals surface area contributed by atoms with Crippen LogP contribution < -0.4 is 5.32 Å². The van der Waals surface area contributed by atoms with Crippen molar-refractivity contribution in [2.75, 3.05) is 6.61 Å². The summed E-state index contributed by atoms with van der Waals surface area (Å²) in [6.07, 6.45) is 0. The summed E-state index contributed by atoms with van der Waals surface area (Å²) in [5.74, 6) is -0.648. The Morgan fingerprint density at radius 1 is 1.18 bits per heavy atom. The van der Waals surface area contributed by atoms with Gasteiger partial charge in [0.25, 0.3) is 5.91 Å². The minimum atomic E-state index is -0.381. The molecule has 1 atom stereocenters. The van der Waals surface area contributed by atoms with Crippen LogP contribution in [0.15, 0.2) is 60.7 Å². The fourth-order valence-corrected chi connectivity index (χ4v) is 3.89. The van der Waals surface area contributed by atoms with E-state index in [-0.39, 0.29) is 30.3 Å². The van der Waals surface area contributed by atoms with Crippen LogP contribution in [0.2, 0.25) is 5.02 Å². The van der Waals surface area contributed by atoms with E-state index in [4.69, 9.17) is 16.7 Å². The van der Waals surface area contributed by atoms with E-state index in [1.165, 1.54) is 12.1 Å². The molecule has 0 radical (unpaired) electrons. The summed E-state index contributed by atoms with van der Waals surface area (Å²) in [5.41, 5.74) is 3.13. The lowest BCUT2D eigenvalue weighted by atomic mass is 10.0. The second-order valence-electron chi connectivity index (χ2n) is 8.28. The summed E-state index contributed by atoms with van der Waals surface area (Å²) in [6.45, 7) is 3.66. The van der Waals surface area contributed by atoms with Crippen molar-refractivity contribution in [3.05, 3.63) is 82.6 Å². The quantitative estimate of drug-likeness (QED) is 0.405. The zero-order chi connectivity index (χ0) is 24.4. The van der Waals surface area contributed by atoms with E-state index >= 15 is 0 Å². The molecule has 6 nitrogen and oxygen atoms in total. The SMILES string of the molecule is CC(C)[C@@H](CO)NC(=O)c1ccc2c(-c3cc(C#N)ccc3Cl)nn(-c3ccc(F)cc3)c2c1. The first kappa shape index (κ1) is 23.4. The highest BCUT2D eigenvalue weighted by molar-refractivity contribution is 6.33. The molecule has 3 aromatic carbocycles. The Kier molecular flexibility index (Phi) is 6.64. The van der Waals surface area contributed by atoms with Gasteiger partial charge in [-0.3, -0.25) is 4.79 Å². The number of carbonyl (C=O) groups is 1. The Morgan fingerprint density at radius 2 is 1.91 bits per heavy atom. The molecule has 0 bridgehead atoms. The van der Waals surface area contributed by atoms with Crippen molar-refractivity contribution in [1.82, 2.24) is 15.1 Å². The van der Waals surface area contributed by atoms with Crippen molar-refractivity contribution >= 4 is 28.4 Å². The van der Waals surface area contributed by atoms with Gasteiger partial charge in [-0.2, -0.15) is 10.4 Å². The van der Waals surface area contributed by atoms with Crippen LogP contribution in [0.3, 0.4) is 0 Å². The second-order valence-corrected chi connectivity index (χ2v) is 8.69. The number of hydrogen-bond acceptors (Lipinski definition) is 4. The molecule has 0 saturated heterocycles.